The van der Waals surface area contributed by atoms with E-state index >= 15 is 0 Å². The van der Waals surface area contributed by atoms with Crippen LogP contribution < -0.4 is 0 Å². The van der Waals surface area contributed by atoms with Crippen molar-refractivity contribution in [3.63, 3.8) is 0 Å². The topological polar surface area (TPSA) is 46.5 Å². The van der Waals surface area contributed by atoms with E-state index in [9.17, 15) is 9.90 Å². The van der Waals surface area contributed by atoms with Crippen molar-refractivity contribution in [1.82, 2.24) is 0 Å². The minimum absolute atomic E-state index is 0.0129. The number of aryl methyl sites for hydroxylation is 1. The van der Waals surface area contributed by atoms with Crippen LogP contribution >= 0.6 is 23.2 Å². The number of rotatable bonds is 3. The Balaban J connectivity index is 1.59. The van der Waals surface area contributed by atoms with Crippen molar-refractivity contribution >= 4 is 29.0 Å². The van der Waals surface area contributed by atoms with Gasteiger partial charge in [0.15, 0.2) is 0 Å². The van der Waals surface area contributed by atoms with Crippen LogP contribution in [-0.2, 0) is 16.0 Å². The van der Waals surface area contributed by atoms with Gasteiger partial charge in [-0.3, -0.25) is 4.79 Å². The first-order valence-electron chi connectivity index (χ1n) is 9.95. The summed E-state index contributed by atoms with van der Waals surface area (Å²) in [6, 6.07) is 11.5. The molecule has 2 saturated heterocycles. The van der Waals surface area contributed by atoms with Crippen LogP contribution in [0.4, 0.5) is 0 Å². The largest absolute Gasteiger partial charge is 0.392 e. The number of benzene rings is 2. The minimum atomic E-state index is -0.686. The predicted molar refractivity (Wildman–Crippen MR) is 110 cm³/mol. The average molecular weight is 417 g/mol. The molecule has 2 aromatic carbocycles. The molecule has 6 unspecified atom stereocenters. The molecule has 0 aromatic heterocycles. The molecule has 2 heterocycles. The van der Waals surface area contributed by atoms with Crippen LogP contribution in [0, 0.1) is 11.8 Å². The van der Waals surface area contributed by atoms with Crippen molar-refractivity contribution in [2.75, 3.05) is 0 Å². The summed E-state index contributed by atoms with van der Waals surface area (Å²) >= 11 is 12.5. The second-order valence-electron chi connectivity index (χ2n) is 8.16. The Labute approximate surface area is 174 Å². The van der Waals surface area contributed by atoms with Gasteiger partial charge in [0.2, 0.25) is 0 Å². The number of aliphatic hydroxyl groups excluding tert-OH is 1. The fraction of sp³-hybridized carbons (Fsp3) is 0.435. The van der Waals surface area contributed by atoms with Crippen LogP contribution in [0.2, 0.25) is 10.0 Å². The zero-order valence-electron chi connectivity index (χ0n) is 15.6. The third-order valence-electron chi connectivity index (χ3n) is 6.80. The van der Waals surface area contributed by atoms with Crippen LogP contribution in [-0.4, -0.2) is 29.2 Å². The molecular formula is C23H22Cl2O3. The molecule has 0 amide bonds. The van der Waals surface area contributed by atoms with Gasteiger partial charge in [0.1, 0.15) is 5.78 Å². The van der Waals surface area contributed by atoms with Crippen molar-refractivity contribution in [2.45, 2.75) is 50.4 Å². The van der Waals surface area contributed by atoms with Gasteiger partial charge >= 0.3 is 0 Å². The van der Waals surface area contributed by atoms with E-state index in [1.165, 1.54) is 0 Å². The van der Waals surface area contributed by atoms with Gasteiger partial charge in [0, 0.05) is 21.5 Å². The maximum Gasteiger partial charge on any atom is 0.149 e. The number of carbonyl (C=O) groups is 1. The smallest absolute Gasteiger partial charge is 0.149 e. The standard InChI is InChI=1S/C23H22Cl2O3/c1-2-11-3-4-12(14-6-5-13(24)10-16(14)25)9-15(11)19-22(26)20-17-7-8-18(28-17)21(20)23(19)27/h3-6,9-10,17-22,26H,2,7-8H2,1H3. The Morgan fingerprint density at radius 3 is 2.61 bits per heavy atom. The van der Waals surface area contributed by atoms with Gasteiger partial charge in [0.05, 0.1) is 30.1 Å². The van der Waals surface area contributed by atoms with Crippen LogP contribution in [0.25, 0.3) is 11.1 Å². The molecule has 1 aliphatic carbocycles. The first-order valence-corrected chi connectivity index (χ1v) is 10.7. The molecule has 2 bridgehead atoms. The zero-order chi connectivity index (χ0) is 19.6. The number of halogens is 2. The molecule has 5 heteroatoms. The van der Waals surface area contributed by atoms with E-state index in [0.717, 1.165) is 41.5 Å². The third-order valence-corrected chi connectivity index (χ3v) is 7.35. The molecule has 2 aromatic rings. The summed E-state index contributed by atoms with van der Waals surface area (Å²) in [5, 5.41) is 12.3. The van der Waals surface area contributed by atoms with E-state index in [-0.39, 0.29) is 29.8 Å². The lowest BCUT2D eigenvalue weighted by Crippen LogP contribution is -2.31. The van der Waals surface area contributed by atoms with E-state index < -0.39 is 12.0 Å². The normalized spacial score (nSPS) is 33.5. The number of ketones is 1. The molecule has 6 atom stereocenters. The lowest BCUT2D eigenvalue weighted by Gasteiger charge is -2.24. The van der Waals surface area contributed by atoms with Gasteiger partial charge in [-0.05, 0) is 48.1 Å². The van der Waals surface area contributed by atoms with Crippen LogP contribution in [0.5, 0.6) is 0 Å². The first-order chi connectivity index (χ1) is 13.5. The van der Waals surface area contributed by atoms with Gasteiger partial charge in [-0.25, -0.2) is 0 Å². The molecule has 28 heavy (non-hydrogen) atoms. The van der Waals surface area contributed by atoms with E-state index in [2.05, 4.69) is 13.0 Å². The lowest BCUT2D eigenvalue weighted by atomic mass is 9.81. The summed E-state index contributed by atoms with van der Waals surface area (Å²) < 4.78 is 5.93. The summed E-state index contributed by atoms with van der Waals surface area (Å²) in [4.78, 5) is 13.3. The van der Waals surface area contributed by atoms with Gasteiger partial charge < -0.3 is 9.84 Å². The highest BCUT2D eigenvalue weighted by Gasteiger charge is 2.62. The molecule has 0 radical (unpaired) electrons. The second-order valence-corrected chi connectivity index (χ2v) is 9.00. The average Bonchev–Trinajstić information content (AvgIpc) is 3.35. The zero-order valence-corrected chi connectivity index (χ0v) is 17.1. The highest BCUT2D eigenvalue weighted by Crippen LogP contribution is 2.54. The number of fused-ring (bicyclic) bond motifs is 5. The minimum Gasteiger partial charge on any atom is -0.392 e. The van der Waals surface area contributed by atoms with Gasteiger partial charge in [-0.1, -0.05) is 54.4 Å². The molecule has 3 aliphatic rings. The number of hydrogen-bond acceptors (Lipinski definition) is 3. The Morgan fingerprint density at radius 1 is 1.11 bits per heavy atom. The Bertz CT molecular complexity index is 957. The summed E-state index contributed by atoms with van der Waals surface area (Å²) in [6.07, 6.45) is 2.01. The van der Waals surface area contributed by atoms with Crippen LogP contribution in [0.3, 0.4) is 0 Å². The monoisotopic (exact) mass is 416 g/mol. The highest BCUT2D eigenvalue weighted by atomic mass is 35.5. The Morgan fingerprint density at radius 2 is 1.89 bits per heavy atom. The number of aliphatic hydroxyl groups is 1. The summed E-state index contributed by atoms with van der Waals surface area (Å²) in [7, 11) is 0. The number of Topliss-reactive ketones (excluding diaryl/α,β-unsaturated/α-hetero) is 1. The Hall–Kier alpha value is -1.39. The van der Waals surface area contributed by atoms with E-state index in [4.69, 9.17) is 27.9 Å². The van der Waals surface area contributed by atoms with Gasteiger partial charge in [-0.15, -0.1) is 0 Å². The molecule has 1 saturated carbocycles. The molecular weight excluding hydrogens is 395 g/mol. The van der Waals surface area contributed by atoms with Gasteiger partial charge in [0.25, 0.3) is 0 Å². The summed E-state index contributed by atoms with van der Waals surface area (Å²) in [5.41, 5.74) is 3.83. The van der Waals surface area contributed by atoms with Crippen molar-refractivity contribution in [1.29, 1.82) is 0 Å². The van der Waals surface area contributed by atoms with Crippen LogP contribution in [0.15, 0.2) is 36.4 Å². The molecule has 2 aliphatic heterocycles. The van der Waals surface area contributed by atoms with E-state index in [1.807, 2.05) is 24.3 Å². The first kappa shape index (κ1) is 18.6. The van der Waals surface area contributed by atoms with Crippen molar-refractivity contribution in [3.8, 4) is 11.1 Å². The molecule has 0 spiro atoms. The van der Waals surface area contributed by atoms with Crippen molar-refractivity contribution in [2.24, 2.45) is 11.8 Å². The Kier molecular flexibility index (Phi) is 4.55. The van der Waals surface area contributed by atoms with Gasteiger partial charge in [-0.2, -0.15) is 0 Å². The maximum absolute atomic E-state index is 13.3. The number of ether oxygens (including phenoxy) is 1. The van der Waals surface area contributed by atoms with E-state index in [1.54, 1.807) is 6.07 Å². The lowest BCUT2D eigenvalue weighted by molar-refractivity contribution is -0.124. The van der Waals surface area contributed by atoms with Crippen LogP contribution in [0.1, 0.15) is 36.8 Å². The predicted octanol–water partition coefficient (Wildman–Crippen LogP) is 5.04. The quantitative estimate of drug-likeness (QED) is 0.761. The molecule has 1 N–H and O–H groups in total. The summed E-state index contributed by atoms with van der Waals surface area (Å²) in [6.45, 7) is 2.08. The van der Waals surface area contributed by atoms with Crippen molar-refractivity contribution < 1.29 is 14.6 Å². The van der Waals surface area contributed by atoms with E-state index in [0.29, 0.717) is 10.0 Å². The SMILES string of the molecule is CCc1ccc(-c2ccc(Cl)cc2Cl)cc1C1C(=O)C2C3CCC(O3)C2C1O. The molecule has 3 nitrogen and oxygen atoms in total. The fourth-order valence-corrected chi connectivity index (χ4v) is 6.07. The summed E-state index contributed by atoms with van der Waals surface area (Å²) in [5.74, 6) is -0.573. The fourth-order valence-electron chi connectivity index (χ4n) is 5.55. The number of hydrogen-bond donors (Lipinski definition) is 1. The maximum atomic E-state index is 13.3. The third kappa shape index (κ3) is 2.68. The molecule has 5 rings (SSSR count). The second kappa shape index (κ2) is 6.84. The highest BCUT2D eigenvalue weighted by molar-refractivity contribution is 6.36. The molecule has 146 valence electrons. The van der Waals surface area contributed by atoms with Crippen molar-refractivity contribution in [3.05, 3.63) is 57.6 Å². The molecule has 3 fully saturated rings. The number of carbonyl (C=O) groups excluding carboxylic acids is 1.